The van der Waals surface area contributed by atoms with E-state index in [2.05, 4.69) is 10.4 Å². The molecule has 0 unspecified atom stereocenters. The van der Waals surface area contributed by atoms with E-state index in [0.717, 1.165) is 34.3 Å². The molecule has 0 bridgehead atoms. The summed E-state index contributed by atoms with van der Waals surface area (Å²) in [6.45, 7) is 1.17. The van der Waals surface area contributed by atoms with Gasteiger partial charge in [-0.25, -0.2) is 0 Å². The predicted octanol–water partition coefficient (Wildman–Crippen LogP) is 2.90. The van der Waals surface area contributed by atoms with Crippen molar-refractivity contribution in [2.24, 2.45) is 5.84 Å². The van der Waals surface area contributed by atoms with E-state index in [1.54, 1.807) is 12.1 Å². The van der Waals surface area contributed by atoms with Crippen LogP contribution in [0.4, 0.5) is 5.69 Å². The minimum atomic E-state index is 0.502. The Labute approximate surface area is 114 Å². The van der Waals surface area contributed by atoms with Gasteiger partial charge < -0.3 is 10.2 Å². The van der Waals surface area contributed by atoms with E-state index >= 15 is 0 Å². The zero-order valence-electron chi connectivity index (χ0n) is 9.46. The van der Waals surface area contributed by atoms with Crippen LogP contribution in [-0.4, -0.2) is 11.6 Å². The Hall–Kier alpha value is -1.07. The fourth-order valence-corrected chi connectivity index (χ4v) is 2.79. The lowest BCUT2D eigenvalue weighted by molar-refractivity contribution is 0.110. The zero-order valence-corrected chi connectivity index (χ0v) is 11.0. The number of aromatic nitrogens is 1. The largest absolute Gasteiger partial charge is 0.376 e. The number of hydrogen-bond donors (Lipinski definition) is 2. The smallest absolute Gasteiger partial charge is 0.0914 e. The van der Waals surface area contributed by atoms with E-state index in [-0.39, 0.29) is 0 Å². The third-order valence-electron chi connectivity index (χ3n) is 3.07. The molecule has 1 aliphatic rings. The van der Waals surface area contributed by atoms with Crippen molar-refractivity contribution >= 4 is 39.8 Å². The number of rotatable bonds is 1. The number of hydrazine groups is 1. The van der Waals surface area contributed by atoms with Gasteiger partial charge in [-0.2, -0.15) is 0 Å². The van der Waals surface area contributed by atoms with Crippen molar-refractivity contribution in [3.05, 3.63) is 33.4 Å². The molecular weight excluding hydrogens is 273 g/mol. The van der Waals surface area contributed by atoms with Crippen LogP contribution in [0.5, 0.6) is 0 Å². The number of benzene rings is 1. The molecule has 0 amide bonds. The molecule has 0 spiro atoms. The van der Waals surface area contributed by atoms with Crippen molar-refractivity contribution in [3.8, 4) is 0 Å². The minimum absolute atomic E-state index is 0.502. The first kappa shape index (κ1) is 12.0. The van der Waals surface area contributed by atoms with Crippen LogP contribution in [0.1, 0.15) is 11.3 Å². The quantitative estimate of drug-likeness (QED) is 0.624. The Balaban J connectivity index is 2.40. The summed E-state index contributed by atoms with van der Waals surface area (Å²) in [6.07, 6.45) is 0.763. The van der Waals surface area contributed by atoms with E-state index in [0.29, 0.717) is 23.3 Å². The lowest BCUT2D eigenvalue weighted by Gasteiger charge is -2.21. The number of pyridine rings is 1. The molecule has 4 nitrogen and oxygen atoms in total. The van der Waals surface area contributed by atoms with Crippen LogP contribution in [-0.2, 0) is 17.8 Å². The molecule has 6 heteroatoms. The molecule has 0 saturated carbocycles. The maximum Gasteiger partial charge on any atom is 0.0914 e. The first-order chi connectivity index (χ1) is 8.70. The fourth-order valence-electron chi connectivity index (χ4n) is 2.25. The van der Waals surface area contributed by atoms with Crippen LogP contribution in [0.2, 0.25) is 10.0 Å². The third kappa shape index (κ3) is 1.82. The Kier molecular flexibility index (Phi) is 3.03. The number of halogens is 2. The van der Waals surface area contributed by atoms with Crippen molar-refractivity contribution in [1.82, 2.24) is 4.98 Å². The van der Waals surface area contributed by atoms with E-state index in [1.807, 2.05) is 0 Å². The van der Waals surface area contributed by atoms with E-state index in [1.165, 1.54) is 0 Å². The second kappa shape index (κ2) is 4.55. The highest BCUT2D eigenvalue weighted by molar-refractivity contribution is 6.38. The molecule has 0 atom stereocenters. The number of nitrogens with zero attached hydrogens (tertiary/aromatic N) is 1. The molecule has 0 fully saturated rings. The summed E-state index contributed by atoms with van der Waals surface area (Å²) >= 11 is 12.2. The molecule has 0 radical (unpaired) electrons. The molecule has 1 aliphatic heterocycles. The highest BCUT2D eigenvalue weighted by Gasteiger charge is 2.19. The molecule has 2 aromatic rings. The number of nitrogens with two attached hydrogens (primary N) is 1. The monoisotopic (exact) mass is 283 g/mol. The van der Waals surface area contributed by atoms with E-state index in [9.17, 15) is 0 Å². The zero-order chi connectivity index (χ0) is 12.7. The van der Waals surface area contributed by atoms with Gasteiger partial charge in [-0.3, -0.25) is 10.8 Å². The number of hydrogen-bond acceptors (Lipinski definition) is 4. The molecule has 94 valence electrons. The minimum Gasteiger partial charge on any atom is -0.376 e. The lowest BCUT2D eigenvalue weighted by Crippen LogP contribution is -2.18. The summed E-state index contributed by atoms with van der Waals surface area (Å²) in [4.78, 5) is 4.60. The average Bonchev–Trinajstić information content (AvgIpc) is 2.36. The van der Waals surface area contributed by atoms with Crippen LogP contribution in [0.25, 0.3) is 10.9 Å². The van der Waals surface area contributed by atoms with Gasteiger partial charge in [0.15, 0.2) is 0 Å². The van der Waals surface area contributed by atoms with Crippen molar-refractivity contribution in [2.45, 2.75) is 13.0 Å². The molecule has 0 aliphatic carbocycles. The fraction of sp³-hybridized carbons (Fsp3) is 0.250. The molecule has 2 heterocycles. The van der Waals surface area contributed by atoms with Gasteiger partial charge in [-0.15, -0.1) is 0 Å². The van der Waals surface area contributed by atoms with Gasteiger partial charge in [0.2, 0.25) is 0 Å². The van der Waals surface area contributed by atoms with Crippen LogP contribution < -0.4 is 11.3 Å². The van der Waals surface area contributed by atoms with Gasteiger partial charge in [0.1, 0.15) is 0 Å². The average molecular weight is 284 g/mol. The summed E-state index contributed by atoms with van der Waals surface area (Å²) < 4.78 is 5.45. The normalized spacial score (nSPS) is 14.6. The Bertz CT molecular complexity index is 630. The van der Waals surface area contributed by atoms with Gasteiger partial charge in [0, 0.05) is 22.4 Å². The van der Waals surface area contributed by atoms with Crippen LogP contribution in [0, 0.1) is 0 Å². The topological polar surface area (TPSA) is 60.2 Å². The number of fused-ring (bicyclic) bond motifs is 2. The van der Waals surface area contributed by atoms with Crippen molar-refractivity contribution < 1.29 is 4.74 Å². The molecule has 3 rings (SSSR count). The molecule has 0 saturated heterocycles. The maximum atomic E-state index is 6.19. The Morgan fingerprint density at radius 2 is 2.17 bits per heavy atom. The number of anilines is 1. The summed E-state index contributed by atoms with van der Waals surface area (Å²) in [5.41, 5.74) is 6.18. The van der Waals surface area contributed by atoms with Crippen molar-refractivity contribution in [1.29, 1.82) is 0 Å². The van der Waals surface area contributed by atoms with Gasteiger partial charge in [-0.05, 0) is 12.1 Å². The van der Waals surface area contributed by atoms with Crippen molar-refractivity contribution in [2.75, 3.05) is 12.0 Å². The van der Waals surface area contributed by atoms with Crippen molar-refractivity contribution in [3.63, 3.8) is 0 Å². The van der Waals surface area contributed by atoms with Crippen LogP contribution in [0.3, 0.4) is 0 Å². The summed E-state index contributed by atoms with van der Waals surface area (Å²) in [7, 11) is 0. The second-order valence-corrected chi connectivity index (χ2v) is 4.99. The summed E-state index contributed by atoms with van der Waals surface area (Å²) in [6, 6.07) is 3.49. The Morgan fingerprint density at radius 3 is 2.94 bits per heavy atom. The summed E-state index contributed by atoms with van der Waals surface area (Å²) in [5.74, 6) is 5.62. The van der Waals surface area contributed by atoms with Gasteiger partial charge in [-0.1, -0.05) is 23.2 Å². The molecule has 1 aromatic carbocycles. The van der Waals surface area contributed by atoms with E-state index < -0.39 is 0 Å². The Morgan fingerprint density at radius 1 is 1.33 bits per heavy atom. The number of nitrogen functional groups attached to an aromatic ring is 1. The van der Waals surface area contributed by atoms with Gasteiger partial charge >= 0.3 is 0 Å². The molecule has 3 N–H and O–H groups in total. The van der Waals surface area contributed by atoms with Crippen LogP contribution in [0.15, 0.2) is 12.1 Å². The molecular formula is C12H11Cl2N3O. The van der Waals surface area contributed by atoms with Gasteiger partial charge in [0.25, 0.3) is 0 Å². The lowest BCUT2D eigenvalue weighted by atomic mass is 10.0. The first-order valence-corrected chi connectivity index (χ1v) is 6.31. The SMILES string of the molecule is NNc1c2c(nc3c(Cl)cc(Cl)cc13)CCOC2. The van der Waals surface area contributed by atoms with Gasteiger partial charge in [0.05, 0.1) is 35.1 Å². The highest BCUT2D eigenvalue weighted by Crippen LogP contribution is 2.35. The number of nitrogens with one attached hydrogen (secondary N) is 1. The molecule has 1 aromatic heterocycles. The van der Waals surface area contributed by atoms with E-state index in [4.69, 9.17) is 33.8 Å². The first-order valence-electron chi connectivity index (χ1n) is 5.55. The standard InChI is InChI=1S/C12H11Cl2N3O/c13-6-3-7-11(17-15)8-5-18-2-1-10(8)16-12(7)9(14)4-6/h3-4H,1-2,5,15H2,(H,16,17). The third-order valence-corrected chi connectivity index (χ3v) is 3.57. The maximum absolute atomic E-state index is 6.19. The molecule has 18 heavy (non-hydrogen) atoms. The summed E-state index contributed by atoms with van der Waals surface area (Å²) in [5, 5.41) is 1.91. The highest BCUT2D eigenvalue weighted by atomic mass is 35.5. The number of ether oxygens (including phenoxy) is 1. The van der Waals surface area contributed by atoms with Crippen LogP contribution >= 0.6 is 23.2 Å². The predicted molar refractivity (Wildman–Crippen MR) is 72.9 cm³/mol. The second-order valence-electron chi connectivity index (χ2n) is 4.14.